The Morgan fingerprint density at radius 3 is 2.61 bits per heavy atom. The van der Waals surface area contributed by atoms with Gasteiger partial charge >= 0.3 is 17.9 Å². The van der Waals surface area contributed by atoms with E-state index in [2.05, 4.69) is 24.7 Å². The third kappa shape index (κ3) is 5.88. The second kappa shape index (κ2) is 10.9. The molecule has 0 radical (unpaired) electrons. The van der Waals surface area contributed by atoms with Crippen molar-refractivity contribution in [3.05, 3.63) is 5.82 Å². The van der Waals surface area contributed by atoms with E-state index in [0.29, 0.717) is 0 Å². The number of Topliss-reactive ketones (excluding diaryl/α,β-unsaturated/α-hetero) is 1. The number of carboxylic acid groups (broad SMARTS) is 2. The molecule has 0 aromatic carbocycles. The first-order valence-corrected chi connectivity index (χ1v) is 11.9. The number of nitrogens with one attached hydrogen (secondary N) is 1. The van der Waals surface area contributed by atoms with Crippen molar-refractivity contribution in [3.8, 4) is 0 Å². The number of aliphatic carboxylic acids is 2. The summed E-state index contributed by atoms with van der Waals surface area (Å²) in [4.78, 5) is 80.6. The number of nitrogen functional groups attached to an aromatic ring is 1. The molecule has 1 aromatic rings. The highest BCUT2D eigenvalue weighted by Gasteiger charge is 2.58. The Morgan fingerprint density at radius 2 is 2.03 bits per heavy atom. The first kappa shape index (κ1) is 26.8. The highest BCUT2D eigenvalue weighted by molar-refractivity contribution is 8.00. The van der Waals surface area contributed by atoms with E-state index in [-0.39, 0.29) is 23.3 Å². The summed E-state index contributed by atoms with van der Waals surface area (Å²) in [5.74, 6) is -5.78. The number of anilines is 1. The van der Waals surface area contributed by atoms with Gasteiger partial charge in [0.1, 0.15) is 35.6 Å². The normalized spacial score (nSPS) is 23.2. The van der Waals surface area contributed by atoms with E-state index in [9.17, 15) is 33.9 Å². The molecule has 3 rings (SSSR count). The monoisotopic (exact) mass is 544 g/mol. The third-order valence-electron chi connectivity index (χ3n) is 5.00. The second-order valence-electron chi connectivity index (χ2n) is 7.81. The molecule has 2 aliphatic rings. The Hall–Kier alpha value is -3.80. The molecule has 2 aliphatic heterocycles. The topological polar surface area (TPSA) is 241 Å². The number of amides is 2. The maximum absolute atomic E-state index is 12.8. The van der Waals surface area contributed by atoms with Crippen LogP contribution in [0.2, 0.25) is 0 Å². The zero-order chi connectivity index (χ0) is 26.6. The first-order chi connectivity index (χ1) is 16.9. The molecule has 2 unspecified atom stereocenters. The summed E-state index contributed by atoms with van der Waals surface area (Å²) in [5, 5.41) is 23.7. The summed E-state index contributed by atoms with van der Waals surface area (Å²) in [6.45, 7) is -0.482. The summed E-state index contributed by atoms with van der Waals surface area (Å²) in [6.07, 6.45) is -0.498. The summed E-state index contributed by atoms with van der Waals surface area (Å²) < 4.78 is 8.81. The van der Waals surface area contributed by atoms with Crippen molar-refractivity contribution in [2.24, 2.45) is 10.6 Å². The van der Waals surface area contributed by atoms with Crippen LogP contribution in [0.5, 0.6) is 0 Å². The number of carbonyl (C=O) groups is 6. The van der Waals surface area contributed by atoms with E-state index >= 15 is 0 Å². The van der Waals surface area contributed by atoms with Crippen LogP contribution in [0.15, 0.2) is 5.16 Å². The van der Waals surface area contributed by atoms with Crippen molar-refractivity contribution in [2.75, 3.05) is 31.2 Å². The third-order valence-corrected chi connectivity index (χ3v) is 7.13. The summed E-state index contributed by atoms with van der Waals surface area (Å²) >= 11 is 1.81. The lowest BCUT2D eigenvalue weighted by molar-refractivity contribution is -0.165. The minimum absolute atomic E-state index is 0.00600. The summed E-state index contributed by atoms with van der Waals surface area (Å²) in [5.41, 5.74) is 3.42. The number of carbonyl (C=O) groups excluding carboxylic acids is 4. The average molecular weight is 545 g/mol. The molecule has 0 bridgehead atoms. The largest absolute Gasteiger partial charge is 0.481 e. The van der Waals surface area contributed by atoms with Gasteiger partial charge in [-0.2, -0.15) is 9.36 Å². The minimum Gasteiger partial charge on any atom is -0.481 e. The van der Waals surface area contributed by atoms with Crippen LogP contribution in [0.3, 0.4) is 0 Å². The van der Waals surface area contributed by atoms with E-state index in [1.165, 1.54) is 11.8 Å². The lowest BCUT2D eigenvalue weighted by Gasteiger charge is -2.53. The molecule has 5 N–H and O–H groups in total. The van der Waals surface area contributed by atoms with Crippen LogP contribution in [0.1, 0.15) is 19.2 Å². The van der Waals surface area contributed by atoms with Gasteiger partial charge in [-0.1, -0.05) is 5.16 Å². The van der Waals surface area contributed by atoms with Gasteiger partial charge in [-0.05, 0) is 6.92 Å². The Balaban J connectivity index is 1.68. The average Bonchev–Trinajstić information content (AvgIpc) is 3.23. The van der Waals surface area contributed by atoms with E-state index < -0.39 is 77.7 Å². The van der Waals surface area contributed by atoms with Crippen LogP contribution >= 0.6 is 23.3 Å². The number of aromatic nitrogens is 2. The van der Waals surface area contributed by atoms with Crippen LogP contribution < -0.4 is 11.1 Å². The molecule has 2 fully saturated rings. The minimum atomic E-state index is -1.60. The fourth-order valence-corrected chi connectivity index (χ4v) is 5.21. The predicted octanol–water partition coefficient (Wildman–Crippen LogP) is -2.08. The van der Waals surface area contributed by atoms with Gasteiger partial charge in [-0.25, -0.2) is 4.79 Å². The van der Waals surface area contributed by atoms with Gasteiger partial charge in [-0.3, -0.25) is 24.0 Å². The van der Waals surface area contributed by atoms with Crippen LogP contribution in [-0.4, -0.2) is 103 Å². The van der Waals surface area contributed by atoms with Gasteiger partial charge in [0.2, 0.25) is 24.1 Å². The molecule has 0 saturated carbocycles. The maximum atomic E-state index is 12.8. The number of ether oxygens (including phenoxy) is 1. The number of fused-ring (bicyclic) bond motifs is 1. The molecule has 194 valence electrons. The highest BCUT2D eigenvalue weighted by Crippen LogP contribution is 2.42. The van der Waals surface area contributed by atoms with Crippen molar-refractivity contribution < 1.29 is 48.6 Å². The number of ketones is 1. The van der Waals surface area contributed by atoms with Crippen molar-refractivity contribution in [1.82, 2.24) is 19.6 Å². The van der Waals surface area contributed by atoms with Gasteiger partial charge < -0.3 is 35.7 Å². The molecule has 36 heavy (non-hydrogen) atoms. The van der Waals surface area contributed by atoms with Crippen molar-refractivity contribution in [1.29, 1.82) is 0 Å². The highest BCUT2D eigenvalue weighted by atomic mass is 32.2. The number of oxime groups is 1. The van der Waals surface area contributed by atoms with E-state index in [0.717, 1.165) is 23.3 Å². The van der Waals surface area contributed by atoms with Gasteiger partial charge in [0.25, 0.3) is 5.91 Å². The second-order valence-corrected chi connectivity index (χ2v) is 9.70. The molecular formula is C18H20N6O10S2. The van der Waals surface area contributed by atoms with Gasteiger partial charge in [-0.15, -0.1) is 11.8 Å². The van der Waals surface area contributed by atoms with Crippen molar-refractivity contribution in [3.63, 3.8) is 0 Å². The number of hydrogen-bond donors (Lipinski definition) is 4. The SMILES string of the molecule is CC(=O)CC(=O)OCC1(C(=O)O)CS[C@@H]2C(NC(=O)C(=NOCC(=O)O)c3nsc(N)n3)C(=O)N2C1. The summed E-state index contributed by atoms with van der Waals surface area (Å²) in [6, 6.07) is -1.06. The number of thioether (sulfide) groups is 1. The molecule has 3 atom stereocenters. The quantitative estimate of drug-likeness (QED) is 0.0768. The number of hydrogen-bond acceptors (Lipinski definition) is 14. The number of nitrogens with two attached hydrogens (primary N) is 1. The Labute approximate surface area is 210 Å². The lowest BCUT2D eigenvalue weighted by Crippen LogP contribution is -2.74. The number of esters is 1. The first-order valence-electron chi connectivity index (χ1n) is 10.1. The fraction of sp³-hybridized carbons (Fsp3) is 0.500. The number of nitrogens with zero attached hydrogens (tertiary/aromatic N) is 4. The Bertz CT molecular complexity index is 1140. The number of carboxylic acids is 2. The van der Waals surface area contributed by atoms with Crippen molar-refractivity contribution >= 4 is 69.6 Å². The van der Waals surface area contributed by atoms with Crippen LogP contribution in [0.25, 0.3) is 0 Å². The van der Waals surface area contributed by atoms with Gasteiger partial charge in [0.05, 0.1) is 0 Å². The zero-order valence-corrected chi connectivity index (χ0v) is 20.2. The molecule has 16 nitrogen and oxygen atoms in total. The summed E-state index contributed by atoms with van der Waals surface area (Å²) in [7, 11) is 0. The number of β-lactam (4-membered cyclic amide) rings is 1. The van der Waals surface area contributed by atoms with Gasteiger partial charge in [0, 0.05) is 23.8 Å². The molecular weight excluding hydrogens is 524 g/mol. The lowest BCUT2D eigenvalue weighted by atomic mass is 9.88. The van der Waals surface area contributed by atoms with Crippen LogP contribution in [0.4, 0.5) is 5.13 Å². The van der Waals surface area contributed by atoms with Gasteiger partial charge in [0.15, 0.2) is 5.13 Å². The maximum Gasteiger partial charge on any atom is 0.344 e. The smallest absolute Gasteiger partial charge is 0.344 e. The van der Waals surface area contributed by atoms with Crippen molar-refractivity contribution in [2.45, 2.75) is 24.8 Å². The molecule has 18 heteroatoms. The Morgan fingerprint density at radius 1 is 1.31 bits per heavy atom. The van der Waals surface area contributed by atoms with E-state index in [1.54, 1.807) is 0 Å². The molecule has 0 spiro atoms. The molecule has 3 heterocycles. The molecule has 2 saturated heterocycles. The zero-order valence-electron chi connectivity index (χ0n) is 18.5. The van der Waals surface area contributed by atoms with Crippen LogP contribution in [0, 0.1) is 5.41 Å². The van der Waals surface area contributed by atoms with Crippen LogP contribution in [-0.2, 0) is 38.3 Å². The fourth-order valence-electron chi connectivity index (χ4n) is 3.26. The van der Waals surface area contributed by atoms with E-state index in [1.807, 2.05) is 0 Å². The molecule has 1 aromatic heterocycles. The predicted molar refractivity (Wildman–Crippen MR) is 121 cm³/mol. The number of rotatable bonds is 11. The Kier molecular flexibility index (Phi) is 8.08. The molecule has 2 amide bonds. The molecule has 0 aliphatic carbocycles. The van der Waals surface area contributed by atoms with E-state index in [4.69, 9.17) is 15.6 Å². The standard InChI is InChI=1S/C18H20N6O10S2/c1-7(25)2-9(28)33-5-18(16(31)32)4-24-14(30)11(15(24)35-6-18)20-13(29)10(22-34-3-8(26)27)12-21-17(19)36-23-12/h11,15H,2-6H2,1H3,(H,20,29)(H,26,27)(H,31,32)(H2,19,21,23)/t11?,15-,18?/m1/s1.